The van der Waals surface area contributed by atoms with Crippen molar-refractivity contribution < 1.29 is 4.74 Å². The van der Waals surface area contributed by atoms with Crippen LogP contribution in [0.4, 0.5) is 0 Å². The molecule has 0 N–H and O–H groups in total. The Kier molecular flexibility index (Phi) is 4.34. The molecule has 3 aromatic carbocycles. The van der Waals surface area contributed by atoms with E-state index in [1.54, 1.807) is 0 Å². The molecule has 2 nitrogen and oxygen atoms in total. The lowest BCUT2D eigenvalue weighted by molar-refractivity contribution is 0.0411. The van der Waals surface area contributed by atoms with Crippen molar-refractivity contribution in [1.82, 2.24) is 0 Å². The lowest BCUT2D eigenvalue weighted by Gasteiger charge is -2.38. The molecule has 3 aromatic rings. The first-order chi connectivity index (χ1) is 12.6. The van der Waals surface area contributed by atoms with Crippen LogP contribution >= 0.6 is 0 Å². The van der Waals surface area contributed by atoms with Crippen molar-refractivity contribution in [1.29, 1.82) is 0 Å². The highest BCUT2D eigenvalue weighted by Crippen LogP contribution is 2.41. The number of rotatable bonds is 3. The minimum atomic E-state index is -0.413. The second kappa shape index (κ2) is 6.80. The Hall–Kier alpha value is -2.87. The van der Waals surface area contributed by atoms with Gasteiger partial charge in [0.2, 0.25) is 5.90 Å². The summed E-state index contributed by atoms with van der Waals surface area (Å²) in [5.74, 6) is 0.716. The molecule has 1 aliphatic rings. The number of benzene rings is 3. The number of hydrogen-bond donors (Lipinski definition) is 0. The molecular formula is C24H23NO. The van der Waals surface area contributed by atoms with E-state index in [0.717, 1.165) is 12.0 Å². The van der Waals surface area contributed by atoms with E-state index in [-0.39, 0.29) is 6.04 Å². The first-order valence-electron chi connectivity index (χ1n) is 9.08. The monoisotopic (exact) mass is 341 g/mol. The van der Waals surface area contributed by atoms with Gasteiger partial charge in [0.1, 0.15) is 5.60 Å². The molecule has 2 atom stereocenters. The highest BCUT2D eigenvalue weighted by Gasteiger charge is 2.38. The Morgan fingerprint density at radius 1 is 0.846 bits per heavy atom. The molecule has 26 heavy (non-hydrogen) atoms. The fraction of sp³-hybridized carbons (Fsp3) is 0.208. The predicted molar refractivity (Wildman–Crippen MR) is 106 cm³/mol. The van der Waals surface area contributed by atoms with Crippen LogP contribution in [0.5, 0.6) is 0 Å². The summed E-state index contributed by atoms with van der Waals surface area (Å²) in [6.45, 7) is 4.28. The van der Waals surface area contributed by atoms with E-state index < -0.39 is 5.60 Å². The summed E-state index contributed by atoms with van der Waals surface area (Å²) in [5, 5.41) is 0. The fourth-order valence-electron chi connectivity index (χ4n) is 3.50. The molecule has 0 saturated carbocycles. The van der Waals surface area contributed by atoms with Crippen LogP contribution in [-0.4, -0.2) is 5.90 Å². The first-order valence-corrected chi connectivity index (χ1v) is 9.08. The highest BCUT2D eigenvalue weighted by molar-refractivity contribution is 5.95. The van der Waals surface area contributed by atoms with Gasteiger partial charge in [0.05, 0.1) is 6.04 Å². The highest BCUT2D eigenvalue weighted by atomic mass is 16.5. The van der Waals surface area contributed by atoms with Crippen molar-refractivity contribution in [3.05, 3.63) is 107 Å². The van der Waals surface area contributed by atoms with Crippen LogP contribution in [0, 0.1) is 6.92 Å². The van der Waals surface area contributed by atoms with Crippen LogP contribution in [0.2, 0.25) is 0 Å². The molecule has 2 heteroatoms. The molecule has 0 aliphatic carbocycles. The number of hydrogen-bond acceptors (Lipinski definition) is 2. The Morgan fingerprint density at radius 2 is 1.46 bits per heavy atom. The standard InChI is InChI=1S/C24H23NO/c1-18-13-15-19(16-14-18)22-17-24(2,21-11-7-4-8-12-21)26-23(25-22)20-9-5-3-6-10-20/h3-16,22H,17H2,1-2H3. The van der Waals surface area contributed by atoms with Gasteiger partial charge in [-0.15, -0.1) is 0 Å². The van der Waals surface area contributed by atoms with Crippen LogP contribution in [-0.2, 0) is 10.3 Å². The summed E-state index contributed by atoms with van der Waals surface area (Å²) >= 11 is 0. The minimum Gasteiger partial charge on any atom is -0.466 e. The van der Waals surface area contributed by atoms with Crippen molar-refractivity contribution >= 4 is 5.90 Å². The third-order valence-electron chi connectivity index (χ3n) is 5.05. The Balaban J connectivity index is 1.78. The lowest BCUT2D eigenvalue weighted by atomic mass is 9.85. The zero-order valence-corrected chi connectivity index (χ0v) is 15.2. The van der Waals surface area contributed by atoms with Crippen LogP contribution in [0.1, 0.15) is 41.6 Å². The summed E-state index contributed by atoms with van der Waals surface area (Å²) < 4.78 is 6.47. The van der Waals surface area contributed by atoms with E-state index in [1.807, 2.05) is 24.3 Å². The van der Waals surface area contributed by atoms with Gasteiger partial charge in [-0.25, -0.2) is 4.99 Å². The van der Waals surface area contributed by atoms with E-state index in [2.05, 4.69) is 74.5 Å². The van der Waals surface area contributed by atoms with Gasteiger partial charge in [-0.3, -0.25) is 0 Å². The second-order valence-corrected chi connectivity index (χ2v) is 7.13. The minimum absolute atomic E-state index is 0.0739. The number of aliphatic imine (C=N–C) groups is 1. The summed E-state index contributed by atoms with van der Waals surface area (Å²) in [6.07, 6.45) is 0.816. The molecule has 0 bridgehead atoms. The maximum absolute atomic E-state index is 6.47. The third-order valence-corrected chi connectivity index (χ3v) is 5.05. The largest absolute Gasteiger partial charge is 0.466 e. The predicted octanol–water partition coefficient (Wildman–Crippen LogP) is 5.82. The van der Waals surface area contributed by atoms with Gasteiger partial charge < -0.3 is 4.74 Å². The van der Waals surface area contributed by atoms with Crippen molar-refractivity contribution in [2.75, 3.05) is 0 Å². The van der Waals surface area contributed by atoms with Gasteiger partial charge in [0, 0.05) is 12.0 Å². The summed E-state index contributed by atoms with van der Waals surface area (Å²) in [5.41, 5.74) is 4.28. The van der Waals surface area contributed by atoms with E-state index in [0.29, 0.717) is 5.90 Å². The molecule has 4 rings (SSSR count). The van der Waals surface area contributed by atoms with Gasteiger partial charge in [-0.2, -0.15) is 0 Å². The van der Waals surface area contributed by atoms with Crippen LogP contribution < -0.4 is 0 Å². The van der Waals surface area contributed by atoms with Crippen molar-refractivity contribution in [3.8, 4) is 0 Å². The smallest absolute Gasteiger partial charge is 0.217 e. The molecule has 0 fully saturated rings. The fourth-order valence-corrected chi connectivity index (χ4v) is 3.50. The maximum atomic E-state index is 6.47. The zero-order valence-electron chi connectivity index (χ0n) is 15.2. The zero-order chi connectivity index (χ0) is 18.0. The summed E-state index contributed by atoms with van der Waals surface area (Å²) in [4.78, 5) is 4.97. The molecule has 1 aliphatic heterocycles. The molecule has 130 valence electrons. The third kappa shape index (κ3) is 3.28. The molecule has 0 saturated heterocycles. The van der Waals surface area contributed by atoms with Crippen LogP contribution in [0.25, 0.3) is 0 Å². The normalized spacial score (nSPS) is 22.4. The lowest BCUT2D eigenvalue weighted by Crippen LogP contribution is -2.35. The quantitative estimate of drug-likeness (QED) is 0.588. The van der Waals surface area contributed by atoms with Gasteiger partial charge in [-0.05, 0) is 37.1 Å². The van der Waals surface area contributed by atoms with Crippen molar-refractivity contribution in [2.45, 2.75) is 31.9 Å². The second-order valence-electron chi connectivity index (χ2n) is 7.13. The Labute approximate surface area is 155 Å². The first kappa shape index (κ1) is 16.6. The van der Waals surface area contributed by atoms with E-state index >= 15 is 0 Å². The molecular weight excluding hydrogens is 318 g/mol. The molecule has 2 unspecified atom stereocenters. The van der Waals surface area contributed by atoms with Crippen molar-refractivity contribution in [2.24, 2.45) is 4.99 Å². The van der Waals surface area contributed by atoms with E-state index in [4.69, 9.17) is 9.73 Å². The van der Waals surface area contributed by atoms with Crippen LogP contribution in [0.15, 0.2) is 89.9 Å². The summed E-state index contributed by atoms with van der Waals surface area (Å²) in [7, 11) is 0. The van der Waals surface area contributed by atoms with Gasteiger partial charge >= 0.3 is 0 Å². The Morgan fingerprint density at radius 3 is 2.12 bits per heavy atom. The number of aryl methyl sites for hydroxylation is 1. The van der Waals surface area contributed by atoms with Crippen LogP contribution in [0.3, 0.4) is 0 Å². The molecule has 0 aromatic heterocycles. The average molecular weight is 341 g/mol. The van der Waals surface area contributed by atoms with E-state index in [1.165, 1.54) is 16.7 Å². The average Bonchev–Trinajstić information content (AvgIpc) is 2.69. The topological polar surface area (TPSA) is 21.6 Å². The number of ether oxygens (including phenoxy) is 1. The molecule has 1 heterocycles. The molecule has 0 spiro atoms. The SMILES string of the molecule is Cc1ccc(C2CC(C)(c3ccccc3)OC(c3ccccc3)=N2)cc1. The molecule has 0 radical (unpaired) electrons. The van der Waals surface area contributed by atoms with Crippen molar-refractivity contribution in [3.63, 3.8) is 0 Å². The van der Waals surface area contributed by atoms with E-state index in [9.17, 15) is 0 Å². The number of nitrogens with zero attached hydrogens (tertiary/aromatic N) is 1. The maximum Gasteiger partial charge on any atom is 0.217 e. The summed E-state index contributed by atoms with van der Waals surface area (Å²) in [6, 6.07) is 29.4. The van der Waals surface area contributed by atoms with Gasteiger partial charge in [0.25, 0.3) is 0 Å². The van der Waals surface area contributed by atoms with Gasteiger partial charge in [0.15, 0.2) is 0 Å². The van der Waals surface area contributed by atoms with Gasteiger partial charge in [-0.1, -0.05) is 78.4 Å². The molecule has 0 amide bonds. The Bertz CT molecular complexity index is 900.